The van der Waals surface area contributed by atoms with Crippen LogP contribution in [0.1, 0.15) is 55.4 Å². The molecule has 0 aromatic rings. The normalized spacial score (nSPS) is 14.7. The van der Waals surface area contributed by atoms with Crippen LogP contribution in [0.25, 0.3) is 18.0 Å². The van der Waals surface area contributed by atoms with Crippen molar-refractivity contribution >= 4 is 69.7 Å². The minimum atomic E-state index is -6.38. The first-order chi connectivity index (χ1) is 15.3. The Hall–Kier alpha value is -2.52. The third kappa shape index (κ3) is 8.40. The number of hydrogen-bond donors (Lipinski definition) is 2. The Balaban J connectivity index is 7.51. The Bertz CT molecular complexity index is 1000. The van der Waals surface area contributed by atoms with Crippen molar-refractivity contribution in [1.29, 1.82) is 0 Å². The fraction of sp³-hybridized carbons (Fsp3) is 0.500. The molecule has 0 bridgehead atoms. The molecule has 0 radical (unpaired) electrons. The second kappa shape index (κ2) is 12.1. The molecule has 0 amide bonds. The zero-order valence-electron chi connectivity index (χ0n) is 20.0. The van der Waals surface area contributed by atoms with E-state index in [4.69, 9.17) is 59.4 Å². The minimum absolute atomic E-state index is 0.185. The maximum atomic E-state index is 6.24. The molecule has 0 unspecified atom stereocenters. The van der Waals surface area contributed by atoms with E-state index in [0.29, 0.717) is 0 Å². The van der Waals surface area contributed by atoms with Gasteiger partial charge in [0.15, 0.2) is 0 Å². The maximum absolute atomic E-state index is 6.38. The van der Waals surface area contributed by atoms with Gasteiger partial charge < -0.3 is 0 Å². The van der Waals surface area contributed by atoms with Crippen LogP contribution in [0.15, 0.2) is 23.7 Å². The topological polar surface area (TPSA) is 63.8 Å². The van der Waals surface area contributed by atoms with E-state index in [0.717, 1.165) is 11.4 Å². The molecule has 2 N–H and O–H groups in total. The standard InChI is InChI=1S/C20H32N6O2S4Si/c1-15(2)25-17(5)9-19(7)27-33(21-11-29,22-12-30,23-13-31,24-14-32)28-20(8)10-18(6)26-16(3)4/h9-10,15-16,29-32H,1-8H3/q+2/p-2/b19-9-,20-10-,25-17?,26-18?. The van der Waals surface area contributed by atoms with Crippen LogP contribution in [-0.2, 0) is 59.4 Å². The van der Waals surface area contributed by atoms with Gasteiger partial charge in [0, 0.05) is 0 Å². The summed E-state index contributed by atoms with van der Waals surface area (Å²) in [5.41, 5.74) is 1.57. The molecule has 0 heterocycles. The van der Waals surface area contributed by atoms with Gasteiger partial charge in [-0.2, -0.15) is 0 Å². The van der Waals surface area contributed by atoms with Gasteiger partial charge in [0.2, 0.25) is 0 Å². The molecule has 0 aliphatic rings. The number of nitrogens with one attached hydrogen (secondary N) is 2. The summed E-state index contributed by atoms with van der Waals surface area (Å²) in [6.45, 7) is 15.0. The van der Waals surface area contributed by atoms with Crippen molar-refractivity contribution in [2.24, 2.45) is 0 Å². The average Bonchev–Trinajstić information content (AvgIpc) is 2.60. The first kappa shape index (κ1) is 30.5. The molecule has 180 valence electrons. The second-order valence-electron chi connectivity index (χ2n) is 7.90. The average molecular weight is 543 g/mol. The van der Waals surface area contributed by atoms with E-state index in [9.17, 15) is 0 Å². The van der Waals surface area contributed by atoms with Gasteiger partial charge in [0.1, 0.15) is 0 Å². The molecule has 0 aliphatic carbocycles. The summed E-state index contributed by atoms with van der Waals surface area (Å²) in [4.78, 5) is 6.49. The van der Waals surface area contributed by atoms with Gasteiger partial charge in [-0.25, -0.2) is 0 Å². The summed E-state index contributed by atoms with van der Waals surface area (Å²) in [6.07, 6.45) is 3.37. The Morgan fingerprint density at radius 3 is 1.15 bits per heavy atom. The van der Waals surface area contributed by atoms with E-state index < -0.39 is 7.76 Å². The van der Waals surface area contributed by atoms with Gasteiger partial charge in [0.25, 0.3) is 0 Å². The SMILES string of the molecule is CC(/C=C(/C)O[Si-2]([N+]#C[S-])([N+]#C[S-])([N+]#C[S-])([N+]#C[S-])O/C(C)=C\C(C)=[NH+]C(C)C)=[NH+]C(C)C. The summed E-state index contributed by atoms with van der Waals surface area (Å²) < 4.78 is 29.1. The predicted molar refractivity (Wildman–Crippen MR) is 147 cm³/mol. The fourth-order valence-electron chi connectivity index (χ4n) is 3.12. The van der Waals surface area contributed by atoms with Crippen molar-refractivity contribution in [3.8, 4) is 21.6 Å². The number of allylic oxidation sites excluding steroid dienone is 4. The molecule has 0 saturated heterocycles. The number of hydrogen-bond acceptors (Lipinski definition) is 6. The van der Waals surface area contributed by atoms with Crippen molar-refractivity contribution in [3.05, 3.63) is 41.7 Å². The van der Waals surface area contributed by atoms with Gasteiger partial charge in [-0.3, -0.25) is 0 Å². The van der Waals surface area contributed by atoms with Gasteiger partial charge in [-0.05, 0) is 0 Å². The van der Waals surface area contributed by atoms with Crippen LogP contribution in [0.2, 0.25) is 0 Å². The van der Waals surface area contributed by atoms with Crippen molar-refractivity contribution in [2.45, 2.75) is 67.5 Å². The molecule has 33 heavy (non-hydrogen) atoms. The van der Waals surface area contributed by atoms with E-state index in [1.54, 1.807) is 26.0 Å². The van der Waals surface area contributed by atoms with E-state index in [1.807, 2.05) is 41.5 Å². The molecule has 0 rings (SSSR count). The fourth-order valence-corrected chi connectivity index (χ4v) is 8.51. The van der Waals surface area contributed by atoms with Crippen molar-refractivity contribution in [3.63, 3.8) is 0 Å². The Labute approximate surface area is 218 Å². The van der Waals surface area contributed by atoms with Crippen molar-refractivity contribution in [2.75, 3.05) is 0 Å². The van der Waals surface area contributed by atoms with Crippen LogP contribution < -0.4 is 9.98 Å². The molecule has 0 saturated carbocycles. The predicted octanol–water partition coefficient (Wildman–Crippen LogP) is 1.41. The monoisotopic (exact) mass is 542 g/mol. The van der Waals surface area contributed by atoms with Gasteiger partial charge >= 0.3 is 219 Å². The Kier molecular flexibility index (Phi) is 11.2. The van der Waals surface area contributed by atoms with Gasteiger partial charge in [0.05, 0.1) is 0 Å². The zero-order valence-corrected chi connectivity index (χ0v) is 24.3. The van der Waals surface area contributed by atoms with Crippen molar-refractivity contribution in [1.82, 2.24) is 0 Å². The molecule has 0 fully saturated rings. The third-order valence-electron chi connectivity index (χ3n) is 3.79. The summed E-state index contributed by atoms with van der Waals surface area (Å²) in [5, 5.41) is 8.86. The van der Waals surface area contributed by atoms with Crippen LogP contribution >= 0.6 is 0 Å². The van der Waals surface area contributed by atoms with Gasteiger partial charge in [-0.1, -0.05) is 0 Å². The van der Waals surface area contributed by atoms with Crippen LogP contribution in [-0.4, -0.2) is 31.3 Å². The molecular weight excluding hydrogens is 513 g/mol. The molecule has 0 aromatic carbocycles. The number of thiocyanates is 4. The van der Waals surface area contributed by atoms with Crippen LogP contribution in [0.4, 0.5) is 0 Å². The summed E-state index contributed by atoms with van der Waals surface area (Å²) in [7, 11) is -6.38. The van der Waals surface area contributed by atoms with E-state index in [-0.39, 0.29) is 23.6 Å². The van der Waals surface area contributed by atoms with Crippen molar-refractivity contribution < 1.29 is 18.8 Å². The van der Waals surface area contributed by atoms with Crippen LogP contribution in [0.5, 0.6) is 0 Å². The Morgan fingerprint density at radius 2 is 0.939 bits per heavy atom. The molecule has 8 nitrogen and oxygen atoms in total. The molecule has 0 aliphatic heterocycles. The first-order valence-electron chi connectivity index (χ1n) is 9.96. The zero-order chi connectivity index (χ0) is 25.8. The van der Waals surface area contributed by atoms with E-state index in [1.165, 1.54) is 0 Å². The molecular formula is C20H30N6O2S4Si. The number of rotatable bonds is 8. The molecule has 13 heteroatoms. The summed E-state index contributed by atoms with van der Waals surface area (Å²) in [6, 6.07) is 0.370. The quantitative estimate of drug-likeness (QED) is 0.159. The van der Waals surface area contributed by atoms with Crippen LogP contribution in [0.3, 0.4) is 0 Å². The second-order valence-corrected chi connectivity index (χ2v) is 12.8. The molecule has 0 spiro atoms. The van der Waals surface area contributed by atoms with Crippen LogP contribution in [0, 0.1) is 21.6 Å². The third-order valence-corrected chi connectivity index (χ3v) is 8.72. The first-order valence-corrected chi connectivity index (χ1v) is 14.2. The number of nitrogens with zero attached hydrogens (tertiary/aromatic N) is 4. The van der Waals surface area contributed by atoms with E-state index in [2.05, 4.69) is 49.6 Å². The molecule has 0 atom stereocenters. The molecule has 0 aromatic heterocycles. The summed E-state index contributed by atoms with van der Waals surface area (Å²) >= 11 is 19.6. The Morgan fingerprint density at radius 1 is 0.667 bits per heavy atom. The summed E-state index contributed by atoms with van der Waals surface area (Å²) in [5.74, 6) is 0.509. The van der Waals surface area contributed by atoms with E-state index >= 15 is 0 Å². The van der Waals surface area contributed by atoms with Gasteiger partial charge in [-0.15, -0.1) is 0 Å².